The molecule has 2 unspecified atom stereocenters. The summed E-state index contributed by atoms with van der Waals surface area (Å²) in [5.74, 6) is 0.252. The lowest BCUT2D eigenvalue weighted by Gasteiger charge is -2.36. The number of amides is 1. The van der Waals surface area contributed by atoms with Gasteiger partial charge in [0.2, 0.25) is 5.91 Å². The molecule has 4 nitrogen and oxygen atoms in total. The Bertz CT molecular complexity index is 517. The smallest absolute Gasteiger partial charge is 0.239 e. The normalized spacial score (nSPS) is 23.9. The molecule has 0 bridgehead atoms. The molecule has 1 aromatic carbocycles. The van der Waals surface area contributed by atoms with Gasteiger partial charge in [0, 0.05) is 32.2 Å². The highest BCUT2D eigenvalue weighted by atomic mass is 16.2. The van der Waals surface area contributed by atoms with Crippen LogP contribution >= 0.6 is 0 Å². The third-order valence-electron chi connectivity index (χ3n) is 5.00. The second-order valence-electron chi connectivity index (χ2n) is 6.23. The summed E-state index contributed by atoms with van der Waals surface area (Å²) in [7, 11) is 0. The van der Waals surface area contributed by atoms with Gasteiger partial charge in [0.05, 0.1) is 6.04 Å². The van der Waals surface area contributed by atoms with Crippen molar-refractivity contribution in [3.05, 3.63) is 35.4 Å². The van der Waals surface area contributed by atoms with E-state index >= 15 is 0 Å². The molecule has 0 radical (unpaired) electrons. The van der Waals surface area contributed by atoms with E-state index in [4.69, 9.17) is 5.73 Å². The van der Waals surface area contributed by atoms with Crippen molar-refractivity contribution in [2.45, 2.75) is 44.8 Å². The molecule has 2 atom stereocenters. The zero-order chi connectivity index (χ0) is 14.8. The minimum atomic E-state index is -0.0505. The number of benzene rings is 1. The van der Waals surface area contributed by atoms with Gasteiger partial charge in [-0.2, -0.15) is 0 Å². The summed E-state index contributed by atoms with van der Waals surface area (Å²) in [6.45, 7) is 5.34. The van der Waals surface area contributed by atoms with Gasteiger partial charge >= 0.3 is 0 Å². The first-order valence-electron chi connectivity index (χ1n) is 8.02. The Morgan fingerprint density at radius 3 is 2.86 bits per heavy atom. The Hall–Kier alpha value is -1.39. The van der Waals surface area contributed by atoms with Crippen molar-refractivity contribution in [3.63, 3.8) is 0 Å². The maximum atomic E-state index is 12.8. The molecule has 1 fully saturated rings. The lowest BCUT2D eigenvalue weighted by Crippen LogP contribution is -2.51. The molecule has 0 saturated carbocycles. The number of hydrogen-bond acceptors (Lipinski definition) is 3. The van der Waals surface area contributed by atoms with E-state index in [2.05, 4.69) is 29.2 Å². The molecule has 1 amide bonds. The summed E-state index contributed by atoms with van der Waals surface area (Å²) < 4.78 is 0. The van der Waals surface area contributed by atoms with Gasteiger partial charge in [-0.15, -0.1) is 0 Å². The minimum absolute atomic E-state index is 0.0505. The van der Waals surface area contributed by atoms with E-state index in [1.54, 1.807) is 0 Å². The molecule has 0 aliphatic carbocycles. The fourth-order valence-corrected chi connectivity index (χ4v) is 3.62. The summed E-state index contributed by atoms with van der Waals surface area (Å²) in [6.07, 6.45) is 3.18. The van der Waals surface area contributed by atoms with Gasteiger partial charge < -0.3 is 10.6 Å². The molecule has 4 heteroatoms. The molecule has 21 heavy (non-hydrogen) atoms. The van der Waals surface area contributed by atoms with Crippen molar-refractivity contribution in [2.24, 2.45) is 5.73 Å². The van der Waals surface area contributed by atoms with Crippen LogP contribution in [0.15, 0.2) is 24.3 Å². The quantitative estimate of drug-likeness (QED) is 0.914. The fraction of sp³-hybridized carbons (Fsp3) is 0.588. The van der Waals surface area contributed by atoms with Crippen LogP contribution in [0.4, 0.5) is 0 Å². The first kappa shape index (κ1) is 14.5. The molecule has 114 valence electrons. The van der Waals surface area contributed by atoms with Gasteiger partial charge in [-0.1, -0.05) is 24.3 Å². The highest BCUT2D eigenvalue weighted by Crippen LogP contribution is 2.23. The Balaban J connectivity index is 1.68. The van der Waals surface area contributed by atoms with Crippen molar-refractivity contribution < 1.29 is 4.79 Å². The number of likely N-dealkylation sites (tertiary alicyclic amines) is 1. The van der Waals surface area contributed by atoms with Crippen LogP contribution in [0.25, 0.3) is 0 Å². The van der Waals surface area contributed by atoms with Crippen LogP contribution in [0.2, 0.25) is 0 Å². The highest BCUT2D eigenvalue weighted by Gasteiger charge is 2.33. The maximum Gasteiger partial charge on any atom is 0.239 e. The van der Waals surface area contributed by atoms with Crippen molar-refractivity contribution in [2.75, 3.05) is 19.6 Å². The Morgan fingerprint density at radius 1 is 1.33 bits per heavy atom. The van der Waals surface area contributed by atoms with Gasteiger partial charge in [-0.25, -0.2) is 0 Å². The largest absolute Gasteiger partial charge is 0.337 e. The second kappa shape index (κ2) is 6.16. The van der Waals surface area contributed by atoms with Crippen LogP contribution in [0, 0.1) is 0 Å². The van der Waals surface area contributed by atoms with Crippen LogP contribution in [0.3, 0.4) is 0 Å². The topological polar surface area (TPSA) is 49.6 Å². The number of rotatable bonds is 3. The molecule has 2 heterocycles. The third-order valence-corrected chi connectivity index (χ3v) is 5.00. The van der Waals surface area contributed by atoms with E-state index in [-0.39, 0.29) is 18.0 Å². The Labute approximate surface area is 126 Å². The molecular formula is C17H25N3O. The highest BCUT2D eigenvalue weighted by molar-refractivity contribution is 5.82. The van der Waals surface area contributed by atoms with Gasteiger partial charge in [0.15, 0.2) is 0 Å². The number of fused-ring (bicyclic) bond motifs is 1. The summed E-state index contributed by atoms with van der Waals surface area (Å²) in [6, 6.07) is 8.75. The molecule has 2 aliphatic heterocycles. The van der Waals surface area contributed by atoms with Gasteiger partial charge in [-0.3, -0.25) is 9.69 Å². The van der Waals surface area contributed by atoms with E-state index < -0.39 is 0 Å². The van der Waals surface area contributed by atoms with Gasteiger partial charge in [0.1, 0.15) is 0 Å². The lowest BCUT2D eigenvalue weighted by molar-refractivity contribution is -0.137. The molecule has 0 aromatic heterocycles. The van der Waals surface area contributed by atoms with Crippen molar-refractivity contribution in [1.29, 1.82) is 0 Å². The van der Waals surface area contributed by atoms with Gasteiger partial charge in [-0.05, 0) is 37.3 Å². The molecule has 3 rings (SSSR count). The van der Waals surface area contributed by atoms with E-state index in [1.807, 2.05) is 11.8 Å². The number of hydrogen-bond donors (Lipinski definition) is 1. The van der Waals surface area contributed by atoms with Crippen LogP contribution in [-0.2, 0) is 17.8 Å². The van der Waals surface area contributed by atoms with E-state index in [1.165, 1.54) is 11.1 Å². The average Bonchev–Trinajstić information content (AvgIpc) is 3.01. The summed E-state index contributed by atoms with van der Waals surface area (Å²) in [5, 5.41) is 0. The van der Waals surface area contributed by atoms with E-state index in [0.29, 0.717) is 6.54 Å². The average molecular weight is 287 g/mol. The van der Waals surface area contributed by atoms with Crippen LogP contribution in [0.1, 0.15) is 30.9 Å². The lowest BCUT2D eigenvalue weighted by atomic mass is 9.98. The summed E-state index contributed by atoms with van der Waals surface area (Å²) in [5.41, 5.74) is 8.58. The zero-order valence-corrected chi connectivity index (χ0v) is 12.8. The van der Waals surface area contributed by atoms with Crippen LogP contribution in [-0.4, -0.2) is 47.4 Å². The van der Waals surface area contributed by atoms with Crippen LogP contribution in [0.5, 0.6) is 0 Å². The first-order chi connectivity index (χ1) is 10.2. The zero-order valence-electron chi connectivity index (χ0n) is 12.8. The van der Waals surface area contributed by atoms with Gasteiger partial charge in [0.25, 0.3) is 0 Å². The molecule has 1 saturated heterocycles. The number of nitrogens with two attached hydrogens (primary N) is 1. The van der Waals surface area contributed by atoms with E-state index in [9.17, 15) is 4.79 Å². The summed E-state index contributed by atoms with van der Waals surface area (Å²) in [4.78, 5) is 17.1. The molecule has 0 spiro atoms. The molecule has 1 aromatic rings. The number of nitrogens with zero attached hydrogens (tertiary/aromatic N) is 2. The number of carbonyl (C=O) groups is 1. The molecule has 2 N–H and O–H groups in total. The first-order valence-corrected chi connectivity index (χ1v) is 8.02. The maximum absolute atomic E-state index is 12.8. The number of carbonyl (C=O) groups excluding carboxylic acids is 1. The predicted octanol–water partition coefficient (Wildman–Crippen LogP) is 1.38. The Morgan fingerprint density at radius 2 is 2.10 bits per heavy atom. The van der Waals surface area contributed by atoms with Crippen molar-refractivity contribution in [1.82, 2.24) is 9.80 Å². The monoisotopic (exact) mass is 287 g/mol. The Kier molecular flexibility index (Phi) is 4.27. The SMILES string of the molecule is CC(C(=O)N1CCCC1CN)N1CCc2ccccc2C1. The predicted molar refractivity (Wildman–Crippen MR) is 83.8 cm³/mol. The second-order valence-corrected chi connectivity index (χ2v) is 6.23. The van der Waals surface area contributed by atoms with Crippen LogP contribution < -0.4 is 5.73 Å². The van der Waals surface area contributed by atoms with Crippen molar-refractivity contribution in [3.8, 4) is 0 Å². The molecule has 2 aliphatic rings. The minimum Gasteiger partial charge on any atom is -0.337 e. The molecular weight excluding hydrogens is 262 g/mol. The van der Waals surface area contributed by atoms with Crippen molar-refractivity contribution >= 4 is 5.91 Å². The fourth-order valence-electron chi connectivity index (χ4n) is 3.62. The third kappa shape index (κ3) is 2.83. The summed E-state index contributed by atoms with van der Waals surface area (Å²) >= 11 is 0. The van der Waals surface area contributed by atoms with E-state index in [0.717, 1.165) is 38.9 Å². The standard InChI is InChI=1S/C17H25N3O/c1-13(17(21)20-9-4-7-16(20)11-18)19-10-8-14-5-2-3-6-15(14)12-19/h2-3,5-6,13,16H,4,7-12,18H2,1H3.